The average Bonchev–Trinajstić information content (AvgIpc) is 2.85. The maximum Gasteiger partial charge on any atom is 0.229 e. The number of carbonyl (C=O) groups excluding carboxylic acids is 3. The summed E-state index contributed by atoms with van der Waals surface area (Å²) >= 11 is 5.86. The summed E-state index contributed by atoms with van der Waals surface area (Å²) in [5.74, 6) is -0.432. The van der Waals surface area contributed by atoms with Crippen molar-refractivity contribution in [1.29, 1.82) is 0 Å². The van der Waals surface area contributed by atoms with Gasteiger partial charge in [-0.15, -0.1) is 0 Å². The van der Waals surface area contributed by atoms with Crippen LogP contribution in [0.15, 0.2) is 24.3 Å². The van der Waals surface area contributed by atoms with Crippen LogP contribution in [0.2, 0.25) is 5.02 Å². The molecule has 124 valence electrons. The molecule has 2 rings (SSSR count). The van der Waals surface area contributed by atoms with Crippen molar-refractivity contribution in [1.82, 2.24) is 9.80 Å². The van der Waals surface area contributed by atoms with E-state index >= 15 is 0 Å². The molecule has 0 spiro atoms. The fourth-order valence-electron chi connectivity index (χ4n) is 2.60. The summed E-state index contributed by atoms with van der Waals surface area (Å²) < 4.78 is 0. The van der Waals surface area contributed by atoms with Crippen molar-refractivity contribution >= 4 is 29.3 Å². The predicted octanol–water partition coefficient (Wildman–Crippen LogP) is 2.27. The summed E-state index contributed by atoms with van der Waals surface area (Å²) in [6.45, 7) is 2.15. The average molecular weight is 337 g/mol. The van der Waals surface area contributed by atoms with Gasteiger partial charge in [0.05, 0.1) is 0 Å². The molecule has 1 fully saturated rings. The van der Waals surface area contributed by atoms with E-state index in [0.717, 1.165) is 12.0 Å². The molecule has 5 nitrogen and oxygen atoms in total. The maximum absolute atomic E-state index is 12.3. The van der Waals surface area contributed by atoms with Gasteiger partial charge in [0.15, 0.2) is 0 Å². The Kier molecular flexibility index (Phi) is 5.77. The summed E-state index contributed by atoms with van der Waals surface area (Å²) in [7, 11) is 1.75. The number of amides is 3. The molecule has 23 heavy (non-hydrogen) atoms. The van der Waals surface area contributed by atoms with Gasteiger partial charge in [-0.2, -0.15) is 0 Å². The number of likely N-dealkylation sites (tertiary alicyclic amines) is 1. The van der Waals surface area contributed by atoms with Crippen molar-refractivity contribution in [3.8, 4) is 0 Å². The van der Waals surface area contributed by atoms with E-state index in [0.29, 0.717) is 5.02 Å². The van der Waals surface area contributed by atoms with E-state index in [-0.39, 0.29) is 49.6 Å². The van der Waals surface area contributed by atoms with Crippen molar-refractivity contribution in [2.24, 2.45) is 0 Å². The second kappa shape index (κ2) is 7.59. The van der Waals surface area contributed by atoms with Crippen molar-refractivity contribution in [2.75, 3.05) is 13.6 Å². The highest BCUT2D eigenvalue weighted by Crippen LogP contribution is 2.15. The Bertz CT molecular complexity index is 584. The summed E-state index contributed by atoms with van der Waals surface area (Å²) in [6.07, 6.45) is 1.41. The molecular formula is C17H21ClN2O3. The summed E-state index contributed by atoms with van der Waals surface area (Å²) in [4.78, 5) is 38.2. The molecule has 1 saturated heterocycles. The van der Waals surface area contributed by atoms with Crippen LogP contribution in [0, 0.1) is 0 Å². The minimum Gasteiger partial charge on any atom is -0.343 e. The van der Waals surface area contributed by atoms with E-state index in [1.54, 1.807) is 11.9 Å². The molecule has 1 atom stereocenters. The fourth-order valence-corrected chi connectivity index (χ4v) is 2.73. The Morgan fingerprint density at radius 2 is 1.78 bits per heavy atom. The highest BCUT2D eigenvalue weighted by atomic mass is 35.5. The number of carbonyl (C=O) groups is 3. The van der Waals surface area contributed by atoms with Gasteiger partial charge in [-0.3, -0.25) is 19.3 Å². The van der Waals surface area contributed by atoms with Crippen molar-refractivity contribution in [2.45, 2.75) is 38.6 Å². The zero-order chi connectivity index (χ0) is 17.0. The predicted molar refractivity (Wildman–Crippen MR) is 88.0 cm³/mol. The van der Waals surface area contributed by atoms with Crippen LogP contribution in [0.1, 0.15) is 31.7 Å². The molecule has 1 aromatic carbocycles. The molecule has 0 radical (unpaired) electrons. The van der Waals surface area contributed by atoms with Crippen LogP contribution in [0.25, 0.3) is 0 Å². The number of nitrogens with zero attached hydrogens (tertiary/aromatic N) is 2. The molecule has 1 heterocycles. The number of imide groups is 1. The van der Waals surface area contributed by atoms with Crippen molar-refractivity contribution in [3.05, 3.63) is 34.9 Å². The number of benzene rings is 1. The first-order valence-electron chi connectivity index (χ1n) is 7.71. The third-order valence-electron chi connectivity index (χ3n) is 4.20. The van der Waals surface area contributed by atoms with Crippen LogP contribution >= 0.6 is 11.6 Å². The van der Waals surface area contributed by atoms with Gasteiger partial charge in [-0.1, -0.05) is 23.7 Å². The second-order valence-electron chi connectivity index (χ2n) is 5.87. The van der Waals surface area contributed by atoms with Gasteiger partial charge < -0.3 is 4.90 Å². The SMILES string of the molecule is C[C@@H](Cc1ccc(Cl)cc1)N(C)C(=O)CCN1C(=O)CCC1=O. The molecule has 1 aliphatic rings. The lowest BCUT2D eigenvalue weighted by atomic mass is 10.1. The van der Waals surface area contributed by atoms with Crippen LogP contribution in [-0.4, -0.2) is 47.2 Å². The number of hydrogen-bond acceptors (Lipinski definition) is 3. The largest absolute Gasteiger partial charge is 0.343 e. The highest BCUT2D eigenvalue weighted by molar-refractivity contribution is 6.30. The zero-order valence-corrected chi connectivity index (χ0v) is 14.2. The topological polar surface area (TPSA) is 57.7 Å². The Hall–Kier alpha value is -1.88. The van der Waals surface area contributed by atoms with Crippen LogP contribution in [-0.2, 0) is 20.8 Å². The van der Waals surface area contributed by atoms with E-state index in [9.17, 15) is 14.4 Å². The van der Waals surface area contributed by atoms with E-state index in [2.05, 4.69) is 0 Å². The lowest BCUT2D eigenvalue weighted by Gasteiger charge is -2.26. The smallest absolute Gasteiger partial charge is 0.229 e. The Morgan fingerprint density at radius 3 is 2.35 bits per heavy atom. The van der Waals surface area contributed by atoms with Gasteiger partial charge in [-0.05, 0) is 31.0 Å². The molecule has 1 aliphatic heterocycles. The molecule has 1 aromatic rings. The standard InChI is InChI=1S/C17H21ClN2O3/c1-12(11-13-3-5-14(18)6-4-13)19(2)15(21)9-10-20-16(22)7-8-17(20)23/h3-6,12H,7-11H2,1-2H3/t12-/m0/s1. The van der Waals surface area contributed by atoms with Crippen LogP contribution in [0.5, 0.6) is 0 Å². The zero-order valence-electron chi connectivity index (χ0n) is 13.4. The van der Waals surface area contributed by atoms with Gasteiger partial charge >= 0.3 is 0 Å². The van der Waals surface area contributed by atoms with Crippen molar-refractivity contribution in [3.63, 3.8) is 0 Å². The molecule has 0 unspecified atom stereocenters. The monoisotopic (exact) mass is 336 g/mol. The van der Waals surface area contributed by atoms with Gasteiger partial charge in [0.25, 0.3) is 0 Å². The first-order valence-corrected chi connectivity index (χ1v) is 8.09. The van der Waals surface area contributed by atoms with E-state index in [1.807, 2.05) is 31.2 Å². The molecule has 0 saturated carbocycles. The minimum absolute atomic E-state index is 0.0219. The maximum atomic E-state index is 12.3. The quantitative estimate of drug-likeness (QED) is 0.749. The molecule has 0 aromatic heterocycles. The normalized spacial score (nSPS) is 15.9. The minimum atomic E-state index is -0.181. The van der Waals surface area contributed by atoms with Gasteiger partial charge in [-0.25, -0.2) is 0 Å². The molecule has 0 aliphatic carbocycles. The molecular weight excluding hydrogens is 316 g/mol. The highest BCUT2D eigenvalue weighted by Gasteiger charge is 2.29. The first-order chi connectivity index (χ1) is 10.9. The van der Waals surface area contributed by atoms with E-state index in [1.165, 1.54) is 4.90 Å². The second-order valence-corrected chi connectivity index (χ2v) is 6.31. The fraction of sp³-hybridized carbons (Fsp3) is 0.471. The summed E-state index contributed by atoms with van der Waals surface area (Å²) in [5.41, 5.74) is 1.10. The lowest BCUT2D eigenvalue weighted by molar-refractivity contribution is -0.139. The van der Waals surface area contributed by atoms with Crippen molar-refractivity contribution < 1.29 is 14.4 Å². The summed E-state index contributed by atoms with van der Waals surface area (Å²) in [5, 5.41) is 0.686. The van der Waals surface area contributed by atoms with E-state index in [4.69, 9.17) is 11.6 Å². The lowest BCUT2D eigenvalue weighted by Crippen LogP contribution is -2.39. The Balaban J connectivity index is 1.84. The number of halogens is 1. The van der Waals surface area contributed by atoms with E-state index < -0.39 is 0 Å². The first kappa shape index (κ1) is 17.5. The third-order valence-corrected chi connectivity index (χ3v) is 4.46. The summed E-state index contributed by atoms with van der Waals surface area (Å²) in [6, 6.07) is 7.57. The van der Waals surface area contributed by atoms with Gasteiger partial charge in [0.1, 0.15) is 0 Å². The van der Waals surface area contributed by atoms with Crippen LogP contribution < -0.4 is 0 Å². The number of rotatable bonds is 6. The van der Waals surface area contributed by atoms with Gasteiger partial charge in [0.2, 0.25) is 17.7 Å². The molecule has 6 heteroatoms. The molecule has 0 N–H and O–H groups in total. The number of hydrogen-bond donors (Lipinski definition) is 0. The third kappa shape index (κ3) is 4.55. The molecule has 3 amide bonds. The van der Waals surface area contributed by atoms with Gasteiger partial charge in [0, 0.05) is 43.9 Å². The van der Waals surface area contributed by atoms with Crippen LogP contribution in [0.4, 0.5) is 0 Å². The Labute approximate surface area is 141 Å². The van der Waals surface area contributed by atoms with Crippen LogP contribution in [0.3, 0.4) is 0 Å². The molecule has 0 bridgehead atoms. The number of likely N-dealkylation sites (N-methyl/N-ethyl adjacent to an activating group) is 1. The Morgan fingerprint density at radius 1 is 1.22 bits per heavy atom.